The van der Waals surface area contributed by atoms with Crippen molar-refractivity contribution in [3.63, 3.8) is 0 Å². The lowest BCUT2D eigenvalue weighted by atomic mass is 9.90. The molecule has 6 rings (SSSR count). The number of anilines is 1. The number of hydrogen-bond donors (Lipinski definition) is 1. The number of aryl methyl sites for hydroxylation is 1. The summed E-state index contributed by atoms with van der Waals surface area (Å²) in [6, 6.07) is 26.0. The molecular formula is C29H26ClN3O. The fourth-order valence-electron chi connectivity index (χ4n) is 5.45. The van der Waals surface area contributed by atoms with Gasteiger partial charge in [0, 0.05) is 16.9 Å². The molecule has 0 radical (unpaired) electrons. The van der Waals surface area contributed by atoms with Gasteiger partial charge in [-0.15, -0.1) is 0 Å². The molecule has 0 saturated carbocycles. The number of benzene rings is 3. The largest absolute Gasteiger partial charge is 0.322 e. The van der Waals surface area contributed by atoms with Crippen LogP contribution in [0.15, 0.2) is 85.1 Å². The van der Waals surface area contributed by atoms with Crippen molar-refractivity contribution in [2.75, 3.05) is 5.32 Å². The van der Waals surface area contributed by atoms with E-state index in [4.69, 9.17) is 11.6 Å². The van der Waals surface area contributed by atoms with E-state index in [1.165, 1.54) is 17.5 Å². The number of rotatable bonds is 2. The van der Waals surface area contributed by atoms with Gasteiger partial charge in [0.2, 0.25) is 0 Å². The molecule has 34 heavy (non-hydrogen) atoms. The smallest absolute Gasteiger partial charge is 0.318 e. The highest BCUT2D eigenvalue weighted by Gasteiger charge is 2.34. The second kappa shape index (κ2) is 8.69. The van der Waals surface area contributed by atoms with Crippen LogP contribution in [0.25, 0.3) is 5.69 Å². The zero-order chi connectivity index (χ0) is 23.1. The highest BCUT2D eigenvalue weighted by Crippen LogP contribution is 2.39. The van der Waals surface area contributed by atoms with Gasteiger partial charge in [-0.2, -0.15) is 0 Å². The number of urea groups is 1. The predicted octanol–water partition coefficient (Wildman–Crippen LogP) is 7.15. The number of aromatic nitrogens is 1. The van der Waals surface area contributed by atoms with Crippen molar-refractivity contribution in [3.8, 4) is 5.69 Å². The van der Waals surface area contributed by atoms with Gasteiger partial charge in [0.15, 0.2) is 0 Å². The summed E-state index contributed by atoms with van der Waals surface area (Å²) < 4.78 is 2.18. The van der Waals surface area contributed by atoms with E-state index in [1.54, 1.807) is 0 Å². The molecule has 5 heteroatoms. The Kier molecular flexibility index (Phi) is 5.39. The summed E-state index contributed by atoms with van der Waals surface area (Å²) in [6.07, 6.45) is 6.51. The quantitative estimate of drug-likeness (QED) is 0.334. The van der Waals surface area contributed by atoms with E-state index < -0.39 is 0 Å². The maximum absolute atomic E-state index is 14.0. The molecule has 2 amide bonds. The van der Waals surface area contributed by atoms with E-state index in [0.717, 1.165) is 47.5 Å². The second-order valence-electron chi connectivity index (χ2n) is 9.06. The summed E-state index contributed by atoms with van der Waals surface area (Å²) in [6.45, 7) is 0.481. The molecule has 1 atom stereocenters. The molecule has 2 heterocycles. The van der Waals surface area contributed by atoms with Gasteiger partial charge in [0.1, 0.15) is 6.04 Å². The maximum Gasteiger partial charge on any atom is 0.322 e. The zero-order valence-corrected chi connectivity index (χ0v) is 19.6. The molecule has 0 saturated heterocycles. The van der Waals surface area contributed by atoms with Gasteiger partial charge in [-0.3, -0.25) is 0 Å². The minimum absolute atomic E-state index is 0.117. The lowest BCUT2D eigenvalue weighted by Gasteiger charge is -2.32. The third-order valence-electron chi connectivity index (χ3n) is 7.06. The molecule has 0 fully saturated rings. The van der Waals surface area contributed by atoms with Crippen LogP contribution < -0.4 is 5.32 Å². The van der Waals surface area contributed by atoms with Crippen LogP contribution in [0.3, 0.4) is 0 Å². The summed E-state index contributed by atoms with van der Waals surface area (Å²) in [4.78, 5) is 15.9. The Balaban J connectivity index is 1.47. The zero-order valence-electron chi connectivity index (χ0n) is 18.9. The van der Waals surface area contributed by atoms with Crippen LogP contribution in [0, 0.1) is 0 Å². The second-order valence-corrected chi connectivity index (χ2v) is 9.47. The van der Waals surface area contributed by atoms with Crippen molar-refractivity contribution < 1.29 is 4.79 Å². The Morgan fingerprint density at radius 2 is 1.65 bits per heavy atom. The molecule has 1 aliphatic heterocycles. The van der Waals surface area contributed by atoms with Crippen molar-refractivity contribution in [2.24, 2.45) is 0 Å². The summed E-state index contributed by atoms with van der Waals surface area (Å²) >= 11 is 6.71. The third kappa shape index (κ3) is 3.59. The Morgan fingerprint density at radius 3 is 2.56 bits per heavy atom. The van der Waals surface area contributed by atoms with Crippen molar-refractivity contribution in [2.45, 2.75) is 38.3 Å². The number of hydrogen-bond acceptors (Lipinski definition) is 1. The number of carbonyl (C=O) groups excluding carboxylic acids is 1. The molecule has 2 aliphatic rings. The van der Waals surface area contributed by atoms with Crippen LogP contribution in [-0.2, 0) is 19.4 Å². The Morgan fingerprint density at radius 1 is 0.853 bits per heavy atom. The minimum atomic E-state index is -0.323. The first-order chi connectivity index (χ1) is 16.7. The molecule has 1 aromatic heterocycles. The molecule has 3 aromatic carbocycles. The first-order valence-electron chi connectivity index (χ1n) is 11.9. The number of nitrogens with zero attached hydrogens (tertiary/aromatic N) is 2. The Labute approximate surface area is 204 Å². The standard InChI is InChI=1S/C29H26ClN3O/c30-24-14-5-4-13-23(24)28-27-17-8-18-32(27)26-16-6-2-10-21(26)19-33(28)29(34)31-25-15-7-11-20-9-1-3-12-22(20)25/h2,4-8,10-11,13-18,28H,1,3,9,12,19H2,(H,31,34)/t28-/m0/s1. The summed E-state index contributed by atoms with van der Waals surface area (Å²) in [5.41, 5.74) is 7.67. The average Bonchev–Trinajstić information content (AvgIpc) is 3.29. The van der Waals surface area contributed by atoms with Gasteiger partial charge in [-0.1, -0.05) is 60.1 Å². The highest BCUT2D eigenvalue weighted by molar-refractivity contribution is 6.31. The fraction of sp³-hybridized carbons (Fsp3) is 0.207. The van der Waals surface area contributed by atoms with E-state index in [1.807, 2.05) is 59.5 Å². The third-order valence-corrected chi connectivity index (χ3v) is 7.41. The lowest BCUT2D eigenvalue weighted by Crippen LogP contribution is -2.38. The van der Waals surface area contributed by atoms with Gasteiger partial charge in [-0.05, 0) is 78.3 Å². The van der Waals surface area contributed by atoms with Crippen LogP contribution in [0.2, 0.25) is 5.02 Å². The first-order valence-corrected chi connectivity index (χ1v) is 12.3. The lowest BCUT2D eigenvalue weighted by molar-refractivity contribution is 0.194. The van der Waals surface area contributed by atoms with Gasteiger partial charge in [-0.25, -0.2) is 4.79 Å². The van der Waals surface area contributed by atoms with Gasteiger partial charge >= 0.3 is 6.03 Å². The van der Waals surface area contributed by atoms with Gasteiger partial charge in [0.05, 0.1) is 17.9 Å². The Bertz CT molecular complexity index is 1380. The number of fused-ring (bicyclic) bond motifs is 4. The van der Waals surface area contributed by atoms with E-state index in [-0.39, 0.29) is 12.1 Å². The fourth-order valence-corrected chi connectivity index (χ4v) is 5.69. The normalized spacial score (nSPS) is 16.7. The number of amides is 2. The molecule has 1 aliphatic carbocycles. The van der Waals surface area contributed by atoms with Crippen molar-refractivity contribution >= 4 is 23.3 Å². The predicted molar refractivity (Wildman–Crippen MR) is 137 cm³/mol. The van der Waals surface area contributed by atoms with Crippen molar-refractivity contribution in [3.05, 3.63) is 118 Å². The topological polar surface area (TPSA) is 37.3 Å². The van der Waals surface area contributed by atoms with E-state index >= 15 is 0 Å². The van der Waals surface area contributed by atoms with Crippen molar-refractivity contribution in [1.82, 2.24) is 9.47 Å². The van der Waals surface area contributed by atoms with E-state index in [2.05, 4.69) is 40.3 Å². The van der Waals surface area contributed by atoms with Crippen LogP contribution >= 0.6 is 11.6 Å². The maximum atomic E-state index is 14.0. The van der Waals surface area contributed by atoms with Gasteiger partial charge in [0.25, 0.3) is 0 Å². The van der Waals surface area contributed by atoms with Crippen LogP contribution in [0.1, 0.15) is 46.8 Å². The molecule has 0 bridgehead atoms. The Hall–Kier alpha value is -3.50. The molecular weight excluding hydrogens is 442 g/mol. The van der Waals surface area contributed by atoms with E-state index in [0.29, 0.717) is 11.6 Å². The monoisotopic (exact) mass is 467 g/mol. The molecule has 4 nitrogen and oxygen atoms in total. The minimum Gasteiger partial charge on any atom is -0.318 e. The van der Waals surface area contributed by atoms with Crippen LogP contribution in [0.5, 0.6) is 0 Å². The molecule has 0 spiro atoms. The number of nitrogens with one attached hydrogen (secondary N) is 1. The molecule has 4 aromatic rings. The van der Waals surface area contributed by atoms with Crippen LogP contribution in [-0.4, -0.2) is 15.5 Å². The van der Waals surface area contributed by atoms with Crippen LogP contribution in [0.4, 0.5) is 10.5 Å². The summed E-state index contributed by atoms with van der Waals surface area (Å²) in [7, 11) is 0. The van der Waals surface area contributed by atoms with Gasteiger partial charge < -0.3 is 14.8 Å². The highest BCUT2D eigenvalue weighted by atomic mass is 35.5. The van der Waals surface area contributed by atoms with E-state index in [9.17, 15) is 4.79 Å². The molecule has 0 unspecified atom stereocenters. The number of carbonyl (C=O) groups is 1. The number of halogens is 1. The summed E-state index contributed by atoms with van der Waals surface area (Å²) in [5, 5.41) is 3.93. The van der Waals surface area contributed by atoms with Crippen molar-refractivity contribution in [1.29, 1.82) is 0 Å². The first kappa shape index (κ1) is 21.1. The molecule has 1 N–H and O–H groups in total. The number of para-hydroxylation sites is 1. The summed E-state index contributed by atoms with van der Waals surface area (Å²) in [5.74, 6) is 0. The average molecular weight is 468 g/mol. The SMILES string of the molecule is O=C(Nc1cccc2c1CCCC2)N1Cc2ccccc2-n2cccc2[C@@H]1c1ccccc1Cl. The molecule has 170 valence electrons.